The molecule has 0 rings (SSSR count). The summed E-state index contributed by atoms with van der Waals surface area (Å²) in [6.07, 6.45) is -16.2. The molecule has 15 heteroatoms. The largest absolute Gasteiger partial charge is 2.00 e. The Labute approximate surface area is 162 Å². The van der Waals surface area contributed by atoms with Crippen molar-refractivity contribution in [2.24, 2.45) is 0 Å². The molecule has 0 aromatic heterocycles. The molecule has 0 aromatic carbocycles. The van der Waals surface area contributed by atoms with Crippen LogP contribution in [0.5, 0.6) is 0 Å². The monoisotopic (exact) mass is 449 g/mol. The molecule has 1 radical (unpaired) electrons. The standard InChI is InChI=1S/2C6H12O7.Co/c2*7-1-2(8)3(9)4(10)5(11)6(12)13;/h2*2-5,7-11H,1H2,(H,12,13);/q;;+2/p-2/t2*2-,3-,4+,5-;/m00./s1. The Hall–Kier alpha value is -0.954. The van der Waals surface area contributed by atoms with Gasteiger partial charge in [0, 0.05) is 0 Å². The number of aliphatic hydroxyl groups excluding tert-OH is 10. The van der Waals surface area contributed by atoms with Gasteiger partial charge in [-0.05, 0) is 0 Å². The van der Waals surface area contributed by atoms with Crippen LogP contribution in [-0.4, -0.2) is 125 Å². The summed E-state index contributed by atoms with van der Waals surface area (Å²) in [5, 5.41) is 107. The summed E-state index contributed by atoms with van der Waals surface area (Å²) in [6, 6.07) is 0. The van der Waals surface area contributed by atoms with Gasteiger partial charge in [0.2, 0.25) is 0 Å². The SMILES string of the molecule is O=C([O-])[C@@H](O)[C@H](O)[C@@H](O)[C@@H](O)CO.O=C([O-])[C@@H](O)[C@H](O)[C@@H](O)[C@@H](O)CO.[Co+2]. The summed E-state index contributed by atoms with van der Waals surface area (Å²) >= 11 is 0. The molecule has 0 saturated heterocycles. The second kappa shape index (κ2) is 15.0. The van der Waals surface area contributed by atoms with Crippen molar-refractivity contribution < 1.29 is 87.6 Å². The van der Waals surface area contributed by atoms with E-state index in [1.165, 1.54) is 0 Å². The molecule has 0 unspecified atom stereocenters. The summed E-state index contributed by atoms with van der Waals surface area (Å²) < 4.78 is 0. The van der Waals surface area contributed by atoms with Gasteiger partial charge < -0.3 is 70.9 Å². The maximum Gasteiger partial charge on any atom is 2.00 e. The predicted octanol–water partition coefficient (Wildman–Crippen LogP) is -9.66. The number of hydrogen-bond donors (Lipinski definition) is 10. The zero-order chi connectivity index (χ0) is 21.2. The molecule has 0 saturated carbocycles. The first-order valence-corrected chi connectivity index (χ1v) is 6.91. The van der Waals surface area contributed by atoms with Gasteiger partial charge in [0.1, 0.15) is 48.8 Å². The van der Waals surface area contributed by atoms with Crippen molar-refractivity contribution in [3.05, 3.63) is 0 Å². The maximum absolute atomic E-state index is 9.98. The number of rotatable bonds is 10. The Morgan fingerprint density at radius 1 is 0.593 bits per heavy atom. The van der Waals surface area contributed by atoms with E-state index in [9.17, 15) is 19.8 Å². The average molecular weight is 449 g/mol. The smallest absolute Gasteiger partial charge is 0.547 e. The number of carbonyl (C=O) groups is 2. The first-order valence-electron chi connectivity index (χ1n) is 6.91. The van der Waals surface area contributed by atoms with Gasteiger partial charge in [-0.2, -0.15) is 0 Å². The van der Waals surface area contributed by atoms with Crippen molar-refractivity contribution in [3.8, 4) is 0 Å². The van der Waals surface area contributed by atoms with Crippen molar-refractivity contribution >= 4 is 11.9 Å². The molecule has 0 spiro atoms. The number of aliphatic carboxylic acids is 2. The quantitative estimate of drug-likeness (QED) is 0.148. The van der Waals surface area contributed by atoms with Crippen LogP contribution in [-0.2, 0) is 26.4 Å². The molecule has 0 bridgehead atoms. The Kier molecular flexibility index (Phi) is 17.1. The van der Waals surface area contributed by atoms with Crippen LogP contribution in [0.4, 0.5) is 0 Å². The average Bonchev–Trinajstić information content (AvgIpc) is 2.62. The van der Waals surface area contributed by atoms with E-state index in [1.54, 1.807) is 0 Å². The van der Waals surface area contributed by atoms with Gasteiger partial charge in [-0.25, -0.2) is 0 Å². The molecule has 163 valence electrons. The summed E-state index contributed by atoms with van der Waals surface area (Å²) in [4.78, 5) is 20.0. The van der Waals surface area contributed by atoms with Crippen molar-refractivity contribution in [1.82, 2.24) is 0 Å². The van der Waals surface area contributed by atoms with Crippen molar-refractivity contribution in [2.45, 2.75) is 48.8 Å². The third-order valence-corrected chi connectivity index (χ3v) is 2.99. The molecule has 0 fully saturated rings. The van der Waals surface area contributed by atoms with Crippen molar-refractivity contribution in [3.63, 3.8) is 0 Å². The molecule has 0 aliphatic heterocycles. The first kappa shape index (κ1) is 30.8. The molecule has 0 aromatic rings. The Bertz CT molecular complexity index is 385. The van der Waals surface area contributed by atoms with Gasteiger partial charge in [-0.1, -0.05) is 0 Å². The van der Waals surface area contributed by atoms with Crippen LogP contribution in [0, 0.1) is 0 Å². The third-order valence-electron chi connectivity index (χ3n) is 2.99. The van der Waals surface area contributed by atoms with Gasteiger partial charge >= 0.3 is 16.8 Å². The molecule has 10 N–H and O–H groups in total. The number of hydrogen-bond acceptors (Lipinski definition) is 14. The Morgan fingerprint density at radius 3 is 0.963 bits per heavy atom. The summed E-state index contributed by atoms with van der Waals surface area (Å²) in [6.45, 7) is -1.73. The fraction of sp³-hybridized carbons (Fsp3) is 0.833. The minimum atomic E-state index is -2.31. The predicted molar refractivity (Wildman–Crippen MR) is 72.2 cm³/mol. The second-order valence-electron chi connectivity index (χ2n) is 4.99. The number of carboxylic acid groups (broad SMARTS) is 2. The fourth-order valence-corrected chi connectivity index (χ4v) is 1.32. The molecular formula is C12H22CoO14. The van der Waals surface area contributed by atoms with E-state index in [2.05, 4.69) is 0 Å². The van der Waals surface area contributed by atoms with Crippen molar-refractivity contribution in [1.29, 1.82) is 0 Å². The molecule has 0 amide bonds. The summed E-state index contributed by atoms with van der Waals surface area (Å²) in [5.41, 5.74) is 0. The number of aliphatic hydroxyl groups is 10. The van der Waals surface area contributed by atoms with Gasteiger partial charge in [-0.15, -0.1) is 0 Å². The van der Waals surface area contributed by atoms with E-state index < -0.39 is 74.0 Å². The van der Waals surface area contributed by atoms with E-state index in [0.29, 0.717) is 0 Å². The summed E-state index contributed by atoms with van der Waals surface area (Å²) in [5.74, 6) is -3.95. The zero-order valence-electron chi connectivity index (χ0n) is 13.5. The molecular weight excluding hydrogens is 427 g/mol. The Balaban J connectivity index is -0.000000411. The zero-order valence-corrected chi connectivity index (χ0v) is 14.5. The van der Waals surface area contributed by atoms with E-state index in [-0.39, 0.29) is 16.8 Å². The number of carboxylic acids is 2. The van der Waals surface area contributed by atoms with Gasteiger partial charge in [-0.3, -0.25) is 0 Å². The number of carbonyl (C=O) groups excluding carboxylic acids is 2. The van der Waals surface area contributed by atoms with Gasteiger partial charge in [0.05, 0.1) is 25.2 Å². The van der Waals surface area contributed by atoms with Crippen LogP contribution >= 0.6 is 0 Å². The topological polar surface area (TPSA) is 283 Å². The van der Waals surface area contributed by atoms with Crippen LogP contribution in [0.1, 0.15) is 0 Å². The third kappa shape index (κ3) is 10.8. The van der Waals surface area contributed by atoms with E-state index in [0.717, 1.165) is 0 Å². The molecule has 14 nitrogen and oxygen atoms in total. The van der Waals surface area contributed by atoms with E-state index in [1.807, 2.05) is 0 Å². The van der Waals surface area contributed by atoms with Crippen molar-refractivity contribution in [2.75, 3.05) is 13.2 Å². The molecule has 0 heterocycles. The molecule has 0 aliphatic carbocycles. The minimum Gasteiger partial charge on any atom is -0.547 e. The second-order valence-corrected chi connectivity index (χ2v) is 4.99. The van der Waals surface area contributed by atoms with Crippen LogP contribution in [0.2, 0.25) is 0 Å². The van der Waals surface area contributed by atoms with E-state index in [4.69, 9.17) is 51.1 Å². The van der Waals surface area contributed by atoms with Gasteiger partial charge in [0.25, 0.3) is 0 Å². The molecule has 27 heavy (non-hydrogen) atoms. The molecule has 8 atom stereocenters. The van der Waals surface area contributed by atoms with Crippen LogP contribution < -0.4 is 10.2 Å². The van der Waals surface area contributed by atoms with Crippen LogP contribution in [0.3, 0.4) is 0 Å². The fourth-order valence-electron chi connectivity index (χ4n) is 1.32. The Morgan fingerprint density at radius 2 is 0.815 bits per heavy atom. The minimum absolute atomic E-state index is 0. The van der Waals surface area contributed by atoms with Gasteiger partial charge in [0.15, 0.2) is 0 Å². The van der Waals surface area contributed by atoms with E-state index >= 15 is 0 Å². The van der Waals surface area contributed by atoms with Crippen LogP contribution in [0.25, 0.3) is 0 Å². The maximum atomic E-state index is 9.98. The van der Waals surface area contributed by atoms with Crippen LogP contribution in [0.15, 0.2) is 0 Å². The summed E-state index contributed by atoms with van der Waals surface area (Å²) in [7, 11) is 0. The first-order chi connectivity index (χ1) is 11.8. The normalized spacial score (nSPS) is 19.6. The molecule has 0 aliphatic rings.